The smallest absolute Gasteiger partial charge is 0.159 e. The summed E-state index contributed by atoms with van der Waals surface area (Å²) in [7, 11) is 0. The first-order chi connectivity index (χ1) is 28.4. The van der Waals surface area contributed by atoms with E-state index in [0.29, 0.717) is 0 Å². The fourth-order valence-electron chi connectivity index (χ4n) is 9.01. The number of aromatic nitrogens is 2. The van der Waals surface area contributed by atoms with E-state index in [9.17, 15) is 0 Å². The molecule has 1 aromatic heterocycles. The van der Waals surface area contributed by atoms with Gasteiger partial charge in [0.05, 0.1) is 11.1 Å². The largest absolute Gasteiger partial charge is 0.256 e. The minimum Gasteiger partial charge on any atom is -0.256 e. The van der Waals surface area contributed by atoms with Crippen LogP contribution in [0.3, 0.4) is 0 Å². The van der Waals surface area contributed by atoms with Crippen LogP contribution < -0.4 is 0 Å². The van der Waals surface area contributed by atoms with Crippen LogP contribution in [-0.2, 0) is 16.2 Å². The maximum absolute atomic E-state index is 4.98. The Balaban J connectivity index is 1.16. The molecule has 2 aliphatic carbocycles. The maximum Gasteiger partial charge on any atom is 0.159 e. The third-order valence-corrected chi connectivity index (χ3v) is 12.2. The summed E-state index contributed by atoms with van der Waals surface area (Å²) in [5, 5.41) is 0. The number of fused-ring (bicyclic) bond motifs is 10. The molecule has 6 aromatic carbocycles. The Kier molecular flexibility index (Phi) is 9.16. The normalized spacial score (nSPS) is 14.1. The molecular weight excluding hydrogens is 715 g/mol. The Bertz CT molecular complexity index is 2790. The predicted octanol–water partition coefficient (Wildman–Crippen LogP) is 14.0. The van der Waals surface area contributed by atoms with Gasteiger partial charge in [-0.2, -0.15) is 0 Å². The summed E-state index contributed by atoms with van der Waals surface area (Å²) < 4.78 is 0. The number of hydrogen-bond acceptors (Lipinski definition) is 3. The molecule has 2 aliphatic rings. The van der Waals surface area contributed by atoms with E-state index in [2.05, 4.69) is 188 Å². The van der Waals surface area contributed by atoms with Gasteiger partial charge >= 0.3 is 0 Å². The van der Waals surface area contributed by atoms with E-state index in [1.807, 2.05) is 30.7 Å². The maximum atomic E-state index is 4.98. The highest BCUT2D eigenvalue weighted by Crippen LogP contribution is 2.63. The zero-order chi connectivity index (χ0) is 41.1. The van der Waals surface area contributed by atoms with Crippen LogP contribution in [0.25, 0.3) is 50.3 Å². The molecule has 0 unspecified atom stereocenters. The second-order valence-electron chi connectivity index (χ2n) is 17.8. The van der Waals surface area contributed by atoms with Crippen LogP contribution >= 0.6 is 0 Å². The molecule has 288 valence electrons. The molecule has 9 rings (SSSR count). The fourth-order valence-corrected chi connectivity index (χ4v) is 9.01. The van der Waals surface area contributed by atoms with Gasteiger partial charge in [0, 0.05) is 35.3 Å². The summed E-state index contributed by atoms with van der Waals surface area (Å²) in [6.45, 7) is 21.7. The predicted molar refractivity (Wildman–Crippen MR) is 248 cm³/mol. The third kappa shape index (κ3) is 6.33. The van der Waals surface area contributed by atoms with E-state index in [1.54, 1.807) is 0 Å². The Morgan fingerprint density at radius 3 is 1.56 bits per heavy atom. The van der Waals surface area contributed by atoms with Crippen molar-refractivity contribution in [1.82, 2.24) is 9.97 Å². The van der Waals surface area contributed by atoms with Crippen molar-refractivity contribution in [1.29, 1.82) is 0 Å². The van der Waals surface area contributed by atoms with Crippen molar-refractivity contribution in [3.05, 3.63) is 222 Å². The van der Waals surface area contributed by atoms with Crippen molar-refractivity contribution in [3.8, 4) is 44.8 Å². The Morgan fingerprint density at radius 2 is 1.00 bits per heavy atom. The lowest BCUT2D eigenvalue weighted by atomic mass is 9.70. The Hall–Kier alpha value is -6.71. The van der Waals surface area contributed by atoms with Gasteiger partial charge in [-0.3, -0.25) is 4.99 Å². The molecule has 0 bridgehead atoms. The summed E-state index contributed by atoms with van der Waals surface area (Å²) >= 11 is 0. The molecule has 0 aliphatic heterocycles. The van der Waals surface area contributed by atoms with Gasteiger partial charge in [-0.05, 0) is 101 Å². The Morgan fingerprint density at radius 1 is 0.508 bits per heavy atom. The first kappa shape index (κ1) is 37.8. The average molecular weight is 764 g/mol. The SMILES string of the molecule is C=CC(=N/C=C(\C=C)c1ccc2c(c1)C1(c3ccccc3-c3ccccc31)c1cc(-c3cnc(-c4ccc(C(C)(C)C)cc4)nc3)ccc1-2)c1ccc(C(C)(C)C)cc1. The van der Waals surface area contributed by atoms with E-state index in [0.717, 1.165) is 44.9 Å². The summed E-state index contributed by atoms with van der Waals surface area (Å²) in [4.78, 5) is 14.7. The highest BCUT2D eigenvalue weighted by atomic mass is 14.9. The van der Waals surface area contributed by atoms with E-state index in [-0.39, 0.29) is 10.8 Å². The van der Waals surface area contributed by atoms with Gasteiger partial charge in [0.15, 0.2) is 5.82 Å². The molecule has 0 amide bonds. The van der Waals surface area contributed by atoms with Gasteiger partial charge in [0.2, 0.25) is 0 Å². The minimum atomic E-state index is -0.532. The van der Waals surface area contributed by atoms with E-state index < -0.39 is 5.41 Å². The second kappa shape index (κ2) is 14.3. The van der Waals surface area contributed by atoms with Crippen LogP contribution in [0.1, 0.15) is 86.1 Å². The van der Waals surface area contributed by atoms with Crippen molar-refractivity contribution in [2.24, 2.45) is 4.99 Å². The molecule has 0 atom stereocenters. The second-order valence-corrected chi connectivity index (χ2v) is 17.8. The monoisotopic (exact) mass is 763 g/mol. The quantitative estimate of drug-likeness (QED) is 0.120. The fraction of sp³-hybridized carbons (Fsp3) is 0.161. The standard InChI is InChI=1S/C56H49N3/c1-9-36(33-57-52(10-2)37-19-25-42(26-20-37)54(3,4)5)39-23-29-46-47-30-24-40(41-34-58-53(59-35-41)38-21-27-43(28-22-38)55(6,7)8)32-51(47)56(50(46)31-39)48-17-13-11-15-44(48)45-16-12-14-18-49(45)56/h9-35H,1-2H2,3-8H3/b36-33+,57-52?. The molecule has 0 N–H and O–H groups in total. The lowest BCUT2D eigenvalue weighted by Crippen LogP contribution is -2.26. The third-order valence-electron chi connectivity index (χ3n) is 12.2. The molecule has 1 spiro atoms. The molecule has 0 radical (unpaired) electrons. The van der Waals surface area contributed by atoms with E-state index in [4.69, 9.17) is 15.0 Å². The number of nitrogens with zero attached hydrogens (tertiary/aromatic N) is 3. The summed E-state index contributed by atoms with van der Waals surface area (Å²) in [5.41, 5.74) is 19.2. The van der Waals surface area contributed by atoms with Gasteiger partial charge in [-0.25, -0.2) is 9.97 Å². The number of hydrogen-bond donors (Lipinski definition) is 0. The molecule has 1 heterocycles. The average Bonchev–Trinajstić information content (AvgIpc) is 3.71. The van der Waals surface area contributed by atoms with Crippen molar-refractivity contribution in [2.75, 3.05) is 0 Å². The van der Waals surface area contributed by atoms with Crippen molar-refractivity contribution in [2.45, 2.75) is 57.8 Å². The molecule has 3 heteroatoms. The van der Waals surface area contributed by atoms with Gasteiger partial charge in [0.1, 0.15) is 0 Å². The summed E-state index contributed by atoms with van der Waals surface area (Å²) in [6.07, 6.45) is 9.58. The van der Waals surface area contributed by atoms with Crippen molar-refractivity contribution in [3.63, 3.8) is 0 Å². The lowest BCUT2D eigenvalue weighted by molar-refractivity contribution is 0.590. The lowest BCUT2D eigenvalue weighted by Gasteiger charge is -2.31. The first-order valence-electron chi connectivity index (χ1n) is 20.5. The van der Waals surface area contributed by atoms with E-state index in [1.165, 1.54) is 55.6 Å². The number of rotatable bonds is 7. The topological polar surface area (TPSA) is 38.1 Å². The molecule has 0 fully saturated rings. The summed E-state index contributed by atoms with van der Waals surface area (Å²) in [5.74, 6) is 0.722. The van der Waals surface area contributed by atoms with Gasteiger partial charge in [0.25, 0.3) is 0 Å². The van der Waals surface area contributed by atoms with Crippen LogP contribution in [-0.4, -0.2) is 15.7 Å². The summed E-state index contributed by atoms with van der Waals surface area (Å²) in [6, 6.07) is 48.8. The highest BCUT2D eigenvalue weighted by molar-refractivity contribution is 6.09. The molecule has 0 saturated carbocycles. The number of allylic oxidation sites excluding steroid dienone is 3. The van der Waals surface area contributed by atoms with Crippen LogP contribution in [0, 0.1) is 0 Å². The van der Waals surface area contributed by atoms with Gasteiger partial charge in [-0.1, -0.05) is 182 Å². The first-order valence-corrected chi connectivity index (χ1v) is 20.5. The zero-order valence-corrected chi connectivity index (χ0v) is 34.8. The van der Waals surface area contributed by atoms with Crippen LogP contribution in [0.15, 0.2) is 182 Å². The minimum absolute atomic E-state index is 0.0756. The van der Waals surface area contributed by atoms with E-state index >= 15 is 0 Å². The molecule has 0 saturated heterocycles. The van der Waals surface area contributed by atoms with Crippen molar-refractivity contribution >= 4 is 11.3 Å². The van der Waals surface area contributed by atoms with Crippen molar-refractivity contribution < 1.29 is 0 Å². The van der Waals surface area contributed by atoms with Crippen LogP contribution in [0.5, 0.6) is 0 Å². The molecule has 59 heavy (non-hydrogen) atoms. The van der Waals surface area contributed by atoms with Crippen LogP contribution in [0.2, 0.25) is 0 Å². The molecule has 3 nitrogen and oxygen atoms in total. The number of benzene rings is 6. The highest BCUT2D eigenvalue weighted by Gasteiger charge is 2.51. The zero-order valence-electron chi connectivity index (χ0n) is 34.8. The number of aliphatic imine (C=N–C) groups is 1. The van der Waals surface area contributed by atoms with Gasteiger partial charge < -0.3 is 0 Å². The van der Waals surface area contributed by atoms with Crippen LogP contribution in [0.4, 0.5) is 0 Å². The Labute approximate surface area is 349 Å². The molecule has 7 aromatic rings. The van der Waals surface area contributed by atoms with Gasteiger partial charge in [-0.15, -0.1) is 0 Å². The molecular formula is C56H49N3.